The Labute approximate surface area is 130 Å². The van der Waals surface area contributed by atoms with Gasteiger partial charge in [0.1, 0.15) is 22.1 Å². The monoisotopic (exact) mass is 368 g/mol. The van der Waals surface area contributed by atoms with Gasteiger partial charge in [0.2, 0.25) is 0 Å². The zero-order valence-corrected chi connectivity index (χ0v) is 13.1. The van der Waals surface area contributed by atoms with Gasteiger partial charge in [-0.1, -0.05) is 22.0 Å². The summed E-state index contributed by atoms with van der Waals surface area (Å²) in [5.41, 5.74) is 8.05. The Hall–Kier alpha value is -1.73. The normalized spacial score (nSPS) is 12.7. The van der Waals surface area contributed by atoms with E-state index >= 15 is 0 Å². The molecule has 0 amide bonds. The minimum atomic E-state index is -1.46. The van der Waals surface area contributed by atoms with Gasteiger partial charge in [0.15, 0.2) is 5.58 Å². The number of hydrogen-bond donors (Lipinski definition) is 1. The van der Waals surface area contributed by atoms with Crippen molar-refractivity contribution in [2.75, 3.05) is 5.73 Å². The van der Waals surface area contributed by atoms with E-state index in [2.05, 4.69) is 20.9 Å². The smallest absolute Gasteiger partial charge is 0.288 e. The molecule has 3 rings (SSSR count). The Morgan fingerprint density at radius 1 is 1.29 bits per heavy atom. The van der Waals surface area contributed by atoms with Crippen LogP contribution in [0.2, 0.25) is 0 Å². The summed E-state index contributed by atoms with van der Waals surface area (Å²) in [5, 5.41) is 0.131. The van der Waals surface area contributed by atoms with Gasteiger partial charge < -0.3 is 10.2 Å². The summed E-state index contributed by atoms with van der Waals surface area (Å²) in [6.45, 7) is 0. The SMILES string of the molecule is Nc1ccc2oc(S(=O)Cc3ccc(F)cc3Br)nc2c1. The van der Waals surface area contributed by atoms with Crippen molar-refractivity contribution in [3.05, 3.63) is 52.3 Å². The number of halogens is 2. The molecule has 1 atom stereocenters. The first-order valence-corrected chi connectivity index (χ1v) is 8.12. The summed E-state index contributed by atoms with van der Waals surface area (Å²) in [7, 11) is -1.46. The molecule has 0 fully saturated rings. The van der Waals surface area contributed by atoms with Crippen LogP contribution in [0.25, 0.3) is 11.1 Å². The van der Waals surface area contributed by atoms with Gasteiger partial charge in [0.05, 0.1) is 5.75 Å². The fraction of sp³-hybridized carbons (Fsp3) is 0.0714. The zero-order valence-electron chi connectivity index (χ0n) is 10.7. The lowest BCUT2D eigenvalue weighted by Gasteiger charge is -2.02. The lowest BCUT2D eigenvalue weighted by molar-refractivity contribution is 0.477. The highest BCUT2D eigenvalue weighted by molar-refractivity contribution is 9.10. The predicted octanol–water partition coefficient (Wildman–Crippen LogP) is 3.62. The molecule has 7 heteroatoms. The highest BCUT2D eigenvalue weighted by Gasteiger charge is 2.15. The lowest BCUT2D eigenvalue weighted by atomic mass is 10.2. The van der Waals surface area contributed by atoms with E-state index in [4.69, 9.17) is 10.2 Å². The second-order valence-corrected chi connectivity index (χ2v) is 6.62. The van der Waals surface area contributed by atoms with E-state index in [9.17, 15) is 8.60 Å². The molecule has 0 aliphatic heterocycles. The van der Waals surface area contributed by atoms with E-state index in [1.165, 1.54) is 12.1 Å². The Morgan fingerprint density at radius 2 is 2.10 bits per heavy atom. The van der Waals surface area contributed by atoms with Crippen LogP contribution < -0.4 is 5.73 Å². The van der Waals surface area contributed by atoms with Gasteiger partial charge in [-0.15, -0.1) is 0 Å². The number of benzene rings is 2. The maximum Gasteiger partial charge on any atom is 0.288 e. The number of nitrogens with two attached hydrogens (primary N) is 1. The largest absolute Gasteiger partial charge is 0.430 e. The molecular weight excluding hydrogens is 359 g/mol. The first-order chi connectivity index (χ1) is 10.0. The van der Waals surface area contributed by atoms with Crippen LogP contribution >= 0.6 is 15.9 Å². The van der Waals surface area contributed by atoms with Gasteiger partial charge in [0.25, 0.3) is 5.22 Å². The van der Waals surface area contributed by atoms with Gasteiger partial charge in [0, 0.05) is 10.2 Å². The molecule has 0 aliphatic carbocycles. The van der Waals surface area contributed by atoms with Crippen molar-refractivity contribution in [2.24, 2.45) is 0 Å². The predicted molar refractivity (Wildman–Crippen MR) is 82.6 cm³/mol. The van der Waals surface area contributed by atoms with E-state index in [1.54, 1.807) is 24.3 Å². The van der Waals surface area contributed by atoms with Gasteiger partial charge in [-0.2, -0.15) is 0 Å². The Kier molecular flexibility index (Phi) is 3.77. The number of anilines is 1. The van der Waals surface area contributed by atoms with Crippen molar-refractivity contribution in [3.63, 3.8) is 0 Å². The van der Waals surface area contributed by atoms with Crippen LogP contribution in [0.3, 0.4) is 0 Å². The van der Waals surface area contributed by atoms with Gasteiger partial charge in [-0.3, -0.25) is 0 Å². The van der Waals surface area contributed by atoms with Gasteiger partial charge in [-0.05, 0) is 35.9 Å². The zero-order chi connectivity index (χ0) is 15.0. The van der Waals surface area contributed by atoms with E-state index in [-0.39, 0.29) is 16.8 Å². The number of oxazole rings is 1. The van der Waals surface area contributed by atoms with E-state index in [0.717, 1.165) is 5.56 Å². The van der Waals surface area contributed by atoms with Crippen LogP contribution in [-0.4, -0.2) is 9.19 Å². The average Bonchev–Trinajstić information content (AvgIpc) is 2.85. The second kappa shape index (κ2) is 5.57. The van der Waals surface area contributed by atoms with Crippen LogP contribution in [0.15, 0.2) is 50.5 Å². The molecule has 0 saturated heterocycles. The summed E-state index contributed by atoms with van der Waals surface area (Å²) in [6, 6.07) is 9.28. The number of fused-ring (bicyclic) bond motifs is 1. The van der Waals surface area contributed by atoms with Crippen LogP contribution in [0.4, 0.5) is 10.1 Å². The van der Waals surface area contributed by atoms with Crippen molar-refractivity contribution in [3.8, 4) is 0 Å². The van der Waals surface area contributed by atoms with Crippen molar-refractivity contribution in [2.45, 2.75) is 11.0 Å². The third kappa shape index (κ3) is 2.98. The van der Waals surface area contributed by atoms with Gasteiger partial charge >= 0.3 is 0 Å². The third-order valence-electron chi connectivity index (χ3n) is 2.89. The van der Waals surface area contributed by atoms with Crippen LogP contribution in [0, 0.1) is 5.82 Å². The number of nitrogen functional groups attached to an aromatic ring is 1. The molecule has 0 bridgehead atoms. The molecule has 2 aromatic carbocycles. The van der Waals surface area contributed by atoms with Crippen LogP contribution in [0.1, 0.15) is 5.56 Å². The van der Waals surface area contributed by atoms with Crippen molar-refractivity contribution < 1.29 is 13.0 Å². The van der Waals surface area contributed by atoms with Crippen LogP contribution in [0.5, 0.6) is 0 Å². The van der Waals surface area contributed by atoms with E-state index < -0.39 is 10.8 Å². The molecule has 0 saturated carbocycles. The maximum absolute atomic E-state index is 13.0. The molecular formula is C14H10BrFN2O2S. The molecule has 21 heavy (non-hydrogen) atoms. The minimum Gasteiger partial charge on any atom is -0.430 e. The summed E-state index contributed by atoms with van der Waals surface area (Å²) in [4.78, 5) is 4.18. The molecule has 2 N–H and O–H groups in total. The first-order valence-electron chi connectivity index (χ1n) is 6.01. The molecule has 1 aromatic heterocycles. The molecule has 3 aromatic rings. The number of hydrogen-bond acceptors (Lipinski definition) is 4. The topological polar surface area (TPSA) is 69.1 Å². The van der Waals surface area contributed by atoms with Crippen molar-refractivity contribution in [1.29, 1.82) is 0 Å². The molecule has 4 nitrogen and oxygen atoms in total. The standard InChI is InChI=1S/C14H10BrFN2O2S/c15-11-5-9(16)2-1-8(11)7-21(19)14-18-12-6-10(17)3-4-13(12)20-14/h1-6H,7,17H2. The van der Waals surface area contributed by atoms with Crippen LogP contribution in [-0.2, 0) is 16.6 Å². The molecule has 0 spiro atoms. The van der Waals surface area contributed by atoms with E-state index in [1.807, 2.05) is 0 Å². The highest BCUT2D eigenvalue weighted by atomic mass is 79.9. The molecule has 1 heterocycles. The van der Waals surface area contributed by atoms with Crippen molar-refractivity contribution >= 4 is 43.5 Å². The summed E-state index contributed by atoms with van der Waals surface area (Å²) in [5.74, 6) is -0.169. The highest BCUT2D eigenvalue weighted by Crippen LogP contribution is 2.24. The first kappa shape index (κ1) is 14.2. The fourth-order valence-electron chi connectivity index (χ4n) is 1.86. The minimum absolute atomic E-state index is 0.131. The Bertz CT molecular complexity index is 850. The fourth-order valence-corrected chi connectivity index (χ4v) is 3.58. The Morgan fingerprint density at radius 3 is 2.86 bits per heavy atom. The second-order valence-electron chi connectivity index (χ2n) is 4.43. The molecule has 108 valence electrons. The maximum atomic E-state index is 13.0. The molecule has 0 radical (unpaired) electrons. The molecule has 1 unspecified atom stereocenters. The number of nitrogens with zero attached hydrogens (tertiary/aromatic N) is 1. The number of rotatable bonds is 3. The number of aromatic nitrogens is 1. The quantitative estimate of drug-likeness (QED) is 0.716. The molecule has 0 aliphatic rings. The summed E-state index contributed by atoms with van der Waals surface area (Å²) < 4.78 is 31.4. The summed E-state index contributed by atoms with van der Waals surface area (Å²) in [6.07, 6.45) is 0. The Balaban J connectivity index is 1.89. The van der Waals surface area contributed by atoms with Crippen molar-refractivity contribution in [1.82, 2.24) is 4.98 Å². The third-order valence-corrected chi connectivity index (χ3v) is 4.76. The lowest BCUT2D eigenvalue weighted by Crippen LogP contribution is -1.98. The summed E-state index contributed by atoms with van der Waals surface area (Å²) >= 11 is 3.25. The van der Waals surface area contributed by atoms with E-state index in [0.29, 0.717) is 21.3 Å². The average molecular weight is 369 g/mol. The van der Waals surface area contributed by atoms with Gasteiger partial charge in [-0.25, -0.2) is 13.6 Å².